The maximum Gasteiger partial charge on any atom is 0.317 e. The van der Waals surface area contributed by atoms with Crippen molar-refractivity contribution in [2.45, 2.75) is 6.54 Å². The molecular formula is C11H12ClFN2O3. The van der Waals surface area contributed by atoms with Crippen LogP contribution in [-0.2, 0) is 16.1 Å². The molecule has 0 aliphatic heterocycles. The molecule has 1 aromatic carbocycles. The van der Waals surface area contributed by atoms with Gasteiger partial charge in [0.15, 0.2) is 0 Å². The maximum atomic E-state index is 12.9. The number of carboxylic acid groups (broad SMARTS) is 1. The molecule has 0 spiro atoms. The van der Waals surface area contributed by atoms with Crippen molar-refractivity contribution in [1.82, 2.24) is 4.90 Å². The number of hydrogen-bond acceptors (Lipinski definition) is 3. The minimum absolute atomic E-state index is 0.0538. The van der Waals surface area contributed by atoms with E-state index in [1.807, 2.05) is 0 Å². The molecule has 0 unspecified atom stereocenters. The largest absolute Gasteiger partial charge is 0.480 e. The highest BCUT2D eigenvalue weighted by Crippen LogP contribution is 2.17. The fraction of sp³-hybridized carbons (Fsp3) is 0.273. The highest BCUT2D eigenvalue weighted by atomic mass is 35.5. The summed E-state index contributed by atoms with van der Waals surface area (Å²) in [7, 11) is 0. The van der Waals surface area contributed by atoms with E-state index in [-0.39, 0.29) is 24.7 Å². The van der Waals surface area contributed by atoms with Crippen molar-refractivity contribution >= 4 is 23.5 Å². The van der Waals surface area contributed by atoms with E-state index in [4.69, 9.17) is 22.4 Å². The lowest BCUT2D eigenvalue weighted by molar-refractivity contribution is -0.138. The van der Waals surface area contributed by atoms with Crippen molar-refractivity contribution in [2.75, 3.05) is 13.1 Å². The van der Waals surface area contributed by atoms with E-state index in [1.54, 1.807) is 0 Å². The Kier molecular flexibility index (Phi) is 5.06. The smallest absolute Gasteiger partial charge is 0.317 e. The van der Waals surface area contributed by atoms with Crippen molar-refractivity contribution in [3.05, 3.63) is 34.6 Å². The van der Waals surface area contributed by atoms with Gasteiger partial charge >= 0.3 is 5.97 Å². The molecule has 3 N–H and O–H groups in total. The number of primary amides is 1. The number of nitrogens with zero attached hydrogens (tertiary/aromatic N) is 1. The third kappa shape index (κ3) is 4.68. The molecule has 0 aliphatic rings. The van der Waals surface area contributed by atoms with E-state index in [0.717, 1.165) is 0 Å². The normalized spacial score (nSPS) is 10.6. The van der Waals surface area contributed by atoms with E-state index in [2.05, 4.69) is 0 Å². The first-order valence-corrected chi connectivity index (χ1v) is 5.42. The third-order valence-electron chi connectivity index (χ3n) is 2.13. The fourth-order valence-corrected chi connectivity index (χ4v) is 1.68. The van der Waals surface area contributed by atoms with Gasteiger partial charge in [-0.1, -0.05) is 17.7 Å². The van der Waals surface area contributed by atoms with Gasteiger partial charge in [-0.05, 0) is 17.7 Å². The monoisotopic (exact) mass is 274 g/mol. The van der Waals surface area contributed by atoms with Crippen molar-refractivity contribution in [3.8, 4) is 0 Å². The summed E-state index contributed by atoms with van der Waals surface area (Å²) in [5.74, 6) is -2.27. The molecule has 1 aromatic rings. The number of halogens is 2. The van der Waals surface area contributed by atoms with Gasteiger partial charge in [0.05, 0.1) is 18.1 Å². The SMILES string of the molecule is NC(=O)CN(CC(=O)O)Cc1ccc(F)c(Cl)c1. The lowest BCUT2D eigenvalue weighted by Crippen LogP contribution is -2.36. The summed E-state index contributed by atoms with van der Waals surface area (Å²) in [6, 6.07) is 4.03. The highest BCUT2D eigenvalue weighted by molar-refractivity contribution is 6.30. The van der Waals surface area contributed by atoms with Crippen molar-refractivity contribution in [2.24, 2.45) is 5.73 Å². The number of rotatable bonds is 6. The predicted octanol–water partition coefficient (Wildman–Crippen LogP) is 0.851. The van der Waals surface area contributed by atoms with Crippen molar-refractivity contribution in [3.63, 3.8) is 0 Å². The lowest BCUT2D eigenvalue weighted by Gasteiger charge is -2.18. The van der Waals surface area contributed by atoms with Crippen LogP contribution in [0.3, 0.4) is 0 Å². The Bertz CT molecular complexity index is 452. The highest BCUT2D eigenvalue weighted by Gasteiger charge is 2.13. The molecule has 0 aromatic heterocycles. The zero-order chi connectivity index (χ0) is 13.7. The molecule has 0 aliphatic carbocycles. The minimum Gasteiger partial charge on any atom is -0.480 e. The molecule has 1 amide bonds. The molecule has 0 radical (unpaired) electrons. The topological polar surface area (TPSA) is 83.6 Å². The van der Waals surface area contributed by atoms with E-state index < -0.39 is 17.7 Å². The number of hydrogen-bond donors (Lipinski definition) is 2. The first-order valence-electron chi connectivity index (χ1n) is 5.05. The summed E-state index contributed by atoms with van der Waals surface area (Å²) in [6.07, 6.45) is 0. The van der Waals surface area contributed by atoms with Crippen molar-refractivity contribution in [1.29, 1.82) is 0 Å². The summed E-state index contributed by atoms with van der Waals surface area (Å²) >= 11 is 5.61. The second kappa shape index (κ2) is 6.32. The maximum absolute atomic E-state index is 12.9. The Labute approximate surface area is 108 Å². The molecule has 0 atom stereocenters. The second-order valence-electron chi connectivity index (χ2n) is 3.75. The number of benzene rings is 1. The number of aliphatic carboxylic acids is 1. The zero-order valence-corrected chi connectivity index (χ0v) is 10.2. The predicted molar refractivity (Wildman–Crippen MR) is 63.5 cm³/mol. The number of carbonyl (C=O) groups is 2. The Morgan fingerprint density at radius 1 is 1.39 bits per heavy atom. The summed E-state index contributed by atoms with van der Waals surface area (Å²) in [6.45, 7) is -0.380. The van der Waals surface area contributed by atoms with Crippen LogP contribution in [0.15, 0.2) is 18.2 Å². The van der Waals surface area contributed by atoms with Crippen LogP contribution in [0.2, 0.25) is 5.02 Å². The molecule has 1 rings (SSSR count). The van der Waals surface area contributed by atoms with Gasteiger partial charge in [-0.25, -0.2) is 4.39 Å². The van der Waals surface area contributed by atoms with E-state index in [1.165, 1.54) is 23.1 Å². The van der Waals surface area contributed by atoms with E-state index >= 15 is 0 Å². The van der Waals surface area contributed by atoms with Crippen LogP contribution in [0, 0.1) is 5.82 Å². The Hall–Kier alpha value is -1.66. The van der Waals surface area contributed by atoms with Crippen LogP contribution in [0.5, 0.6) is 0 Å². The number of nitrogens with two attached hydrogens (primary N) is 1. The first kappa shape index (κ1) is 14.4. The molecule has 98 valence electrons. The van der Waals surface area contributed by atoms with Crippen LogP contribution in [-0.4, -0.2) is 35.0 Å². The molecule has 5 nitrogen and oxygen atoms in total. The van der Waals surface area contributed by atoms with E-state index in [9.17, 15) is 14.0 Å². The Morgan fingerprint density at radius 3 is 2.56 bits per heavy atom. The standard InChI is InChI=1S/C11H12ClFN2O3/c12-8-3-7(1-2-9(8)13)4-15(5-10(14)16)6-11(17)18/h1-3H,4-6H2,(H2,14,16)(H,17,18). The molecule has 0 fully saturated rings. The Balaban J connectivity index is 2.77. The van der Waals surface area contributed by atoms with Crippen LogP contribution in [0.4, 0.5) is 4.39 Å². The quantitative estimate of drug-likeness (QED) is 0.805. The van der Waals surface area contributed by atoms with Crippen LogP contribution in [0.25, 0.3) is 0 Å². The third-order valence-corrected chi connectivity index (χ3v) is 2.42. The number of carbonyl (C=O) groups excluding carboxylic acids is 1. The molecule has 0 bridgehead atoms. The molecular weight excluding hydrogens is 263 g/mol. The van der Waals surface area contributed by atoms with E-state index in [0.29, 0.717) is 5.56 Å². The summed E-state index contributed by atoms with van der Waals surface area (Å²) in [4.78, 5) is 22.8. The fourth-order valence-electron chi connectivity index (χ4n) is 1.48. The van der Waals surface area contributed by atoms with Gasteiger partial charge in [0.2, 0.25) is 5.91 Å². The van der Waals surface area contributed by atoms with Crippen LogP contribution >= 0.6 is 11.6 Å². The number of amides is 1. The first-order chi connectivity index (χ1) is 8.38. The molecule has 7 heteroatoms. The van der Waals surface area contributed by atoms with Crippen LogP contribution in [0.1, 0.15) is 5.56 Å². The van der Waals surface area contributed by atoms with Gasteiger partial charge in [-0.3, -0.25) is 14.5 Å². The summed E-state index contributed by atoms with van der Waals surface area (Å²) < 4.78 is 12.9. The van der Waals surface area contributed by atoms with Gasteiger partial charge < -0.3 is 10.8 Å². The lowest BCUT2D eigenvalue weighted by atomic mass is 10.2. The molecule has 0 saturated heterocycles. The number of carboxylic acids is 1. The molecule has 18 heavy (non-hydrogen) atoms. The summed E-state index contributed by atoms with van der Waals surface area (Å²) in [5, 5.41) is 8.64. The van der Waals surface area contributed by atoms with Gasteiger partial charge in [-0.2, -0.15) is 0 Å². The van der Waals surface area contributed by atoms with Gasteiger partial charge in [-0.15, -0.1) is 0 Å². The second-order valence-corrected chi connectivity index (χ2v) is 4.16. The molecule has 0 saturated carbocycles. The average Bonchev–Trinajstić information content (AvgIpc) is 2.21. The zero-order valence-electron chi connectivity index (χ0n) is 9.40. The van der Waals surface area contributed by atoms with Crippen LogP contribution < -0.4 is 5.73 Å². The minimum atomic E-state index is -1.08. The van der Waals surface area contributed by atoms with Gasteiger partial charge in [0, 0.05) is 6.54 Å². The van der Waals surface area contributed by atoms with Gasteiger partial charge in [0.1, 0.15) is 5.82 Å². The molecule has 0 heterocycles. The van der Waals surface area contributed by atoms with Crippen molar-refractivity contribution < 1.29 is 19.1 Å². The Morgan fingerprint density at radius 2 is 2.06 bits per heavy atom. The van der Waals surface area contributed by atoms with Gasteiger partial charge in [0.25, 0.3) is 0 Å². The summed E-state index contributed by atoms with van der Waals surface area (Å²) in [5.41, 5.74) is 5.62. The average molecular weight is 275 g/mol.